The van der Waals surface area contributed by atoms with Gasteiger partial charge in [-0.25, -0.2) is 4.79 Å². The van der Waals surface area contributed by atoms with Crippen LogP contribution in [0.4, 0.5) is 10.5 Å². The van der Waals surface area contributed by atoms with Crippen LogP contribution in [0.5, 0.6) is 5.75 Å². The van der Waals surface area contributed by atoms with Crippen molar-refractivity contribution in [3.63, 3.8) is 0 Å². The number of nitrogens with zero attached hydrogens (tertiary/aromatic N) is 1. The van der Waals surface area contributed by atoms with Gasteiger partial charge in [0.05, 0.1) is 6.54 Å². The van der Waals surface area contributed by atoms with E-state index in [2.05, 4.69) is 0 Å². The molecule has 2 N–H and O–H groups in total. The predicted octanol–water partition coefficient (Wildman–Crippen LogP) is 2.66. The molecule has 0 bridgehead atoms. The van der Waals surface area contributed by atoms with Gasteiger partial charge in [0.2, 0.25) is 0 Å². The summed E-state index contributed by atoms with van der Waals surface area (Å²) in [6, 6.07) is 7.32. The van der Waals surface area contributed by atoms with Gasteiger partial charge in [0, 0.05) is 24.7 Å². The Labute approximate surface area is 119 Å². The number of amides is 1. The Morgan fingerprint density at radius 2 is 2.15 bits per heavy atom. The van der Waals surface area contributed by atoms with Crippen LogP contribution >= 0.6 is 0 Å². The maximum absolute atomic E-state index is 11.9. The minimum atomic E-state index is -0.468. The molecule has 110 valence electrons. The highest BCUT2D eigenvalue weighted by atomic mass is 16.6. The number of nitrogens with two attached hydrogens (primary N) is 1. The molecule has 1 fully saturated rings. The number of anilines is 1. The summed E-state index contributed by atoms with van der Waals surface area (Å²) in [5, 5.41) is 0. The maximum Gasteiger partial charge on any atom is 0.410 e. The summed E-state index contributed by atoms with van der Waals surface area (Å²) in [4.78, 5) is 13.6. The highest BCUT2D eigenvalue weighted by Crippen LogP contribution is 2.21. The molecule has 1 aromatic carbocycles. The van der Waals surface area contributed by atoms with E-state index in [1.807, 2.05) is 39.0 Å². The van der Waals surface area contributed by atoms with Gasteiger partial charge in [0.25, 0.3) is 0 Å². The monoisotopic (exact) mass is 278 g/mol. The summed E-state index contributed by atoms with van der Waals surface area (Å²) in [6.07, 6.45) is 0.508. The molecule has 20 heavy (non-hydrogen) atoms. The van der Waals surface area contributed by atoms with Crippen LogP contribution in [0.3, 0.4) is 0 Å². The molecule has 2 rings (SSSR count). The van der Waals surface area contributed by atoms with E-state index >= 15 is 0 Å². The van der Waals surface area contributed by atoms with Crippen molar-refractivity contribution in [2.45, 2.75) is 38.9 Å². The number of hydrogen-bond acceptors (Lipinski definition) is 4. The predicted molar refractivity (Wildman–Crippen MR) is 77.7 cm³/mol. The van der Waals surface area contributed by atoms with Crippen LogP contribution in [0.1, 0.15) is 27.2 Å². The first-order valence-electron chi connectivity index (χ1n) is 6.83. The maximum atomic E-state index is 11.9. The molecule has 1 aliphatic heterocycles. The second-order valence-corrected chi connectivity index (χ2v) is 6.03. The zero-order chi connectivity index (χ0) is 14.8. The van der Waals surface area contributed by atoms with Crippen molar-refractivity contribution < 1.29 is 14.3 Å². The average molecular weight is 278 g/mol. The lowest BCUT2D eigenvalue weighted by Gasteiger charge is -2.24. The van der Waals surface area contributed by atoms with Crippen molar-refractivity contribution in [2.24, 2.45) is 0 Å². The third kappa shape index (κ3) is 4.05. The molecular formula is C15H22N2O3. The fraction of sp³-hybridized carbons (Fsp3) is 0.533. The van der Waals surface area contributed by atoms with Gasteiger partial charge in [-0.2, -0.15) is 0 Å². The van der Waals surface area contributed by atoms with Crippen molar-refractivity contribution in [3.05, 3.63) is 24.3 Å². The lowest BCUT2D eigenvalue weighted by molar-refractivity contribution is 0.0275. The second kappa shape index (κ2) is 5.61. The average Bonchev–Trinajstić information content (AvgIpc) is 2.75. The first-order chi connectivity index (χ1) is 9.33. The molecule has 0 saturated carbocycles. The van der Waals surface area contributed by atoms with Crippen LogP contribution < -0.4 is 10.5 Å². The van der Waals surface area contributed by atoms with Gasteiger partial charge in [-0.3, -0.25) is 0 Å². The third-order valence-electron chi connectivity index (χ3n) is 2.96. The van der Waals surface area contributed by atoms with E-state index in [1.165, 1.54) is 0 Å². The summed E-state index contributed by atoms with van der Waals surface area (Å²) in [5.74, 6) is 0.737. The number of benzene rings is 1. The van der Waals surface area contributed by atoms with Gasteiger partial charge >= 0.3 is 6.09 Å². The number of ether oxygens (including phenoxy) is 2. The van der Waals surface area contributed by atoms with Crippen molar-refractivity contribution in [1.29, 1.82) is 0 Å². The number of carbonyl (C=O) groups excluding carboxylic acids is 1. The van der Waals surface area contributed by atoms with Crippen LogP contribution in [0.25, 0.3) is 0 Å². The Bertz CT molecular complexity index is 482. The molecule has 0 aliphatic carbocycles. The molecular weight excluding hydrogens is 256 g/mol. The van der Waals surface area contributed by atoms with Gasteiger partial charge in [0.15, 0.2) is 0 Å². The third-order valence-corrected chi connectivity index (χ3v) is 2.96. The highest BCUT2D eigenvalue weighted by molar-refractivity contribution is 5.68. The molecule has 5 nitrogen and oxygen atoms in total. The minimum Gasteiger partial charge on any atom is -0.488 e. The molecule has 1 heterocycles. The number of rotatable bonds is 2. The molecule has 0 aromatic heterocycles. The van der Waals surface area contributed by atoms with Crippen LogP contribution in [-0.2, 0) is 4.74 Å². The molecule has 0 radical (unpaired) electrons. The standard InChI is InChI=1S/C15H22N2O3/c1-15(2,3)20-14(18)17-8-7-13(10-17)19-12-6-4-5-11(16)9-12/h4-6,9,13H,7-8,10,16H2,1-3H3/t13-/m1/s1. The van der Waals surface area contributed by atoms with Gasteiger partial charge < -0.3 is 20.1 Å². The summed E-state index contributed by atoms with van der Waals surface area (Å²) in [5.41, 5.74) is 5.92. The Hall–Kier alpha value is -1.91. The zero-order valence-electron chi connectivity index (χ0n) is 12.3. The lowest BCUT2D eigenvalue weighted by atomic mass is 10.2. The first kappa shape index (κ1) is 14.5. The topological polar surface area (TPSA) is 64.8 Å². The van der Waals surface area contributed by atoms with E-state index in [1.54, 1.807) is 11.0 Å². The van der Waals surface area contributed by atoms with Gasteiger partial charge in [0.1, 0.15) is 17.5 Å². The van der Waals surface area contributed by atoms with Gasteiger partial charge in [-0.15, -0.1) is 0 Å². The quantitative estimate of drug-likeness (QED) is 0.845. The minimum absolute atomic E-state index is 0.00989. The number of carbonyl (C=O) groups is 1. The normalized spacial score (nSPS) is 18.9. The summed E-state index contributed by atoms with van der Waals surface area (Å²) >= 11 is 0. The SMILES string of the molecule is CC(C)(C)OC(=O)N1CC[C@@H](Oc2cccc(N)c2)C1. The lowest BCUT2D eigenvalue weighted by Crippen LogP contribution is -2.36. The van der Waals surface area contributed by atoms with Crippen LogP contribution in [-0.4, -0.2) is 35.8 Å². The van der Waals surface area contributed by atoms with Crippen molar-refractivity contribution in [2.75, 3.05) is 18.8 Å². The first-order valence-corrected chi connectivity index (χ1v) is 6.83. The van der Waals surface area contributed by atoms with Crippen molar-refractivity contribution >= 4 is 11.8 Å². The van der Waals surface area contributed by atoms with Crippen LogP contribution in [0.2, 0.25) is 0 Å². The van der Waals surface area contributed by atoms with Crippen LogP contribution in [0.15, 0.2) is 24.3 Å². The van der Waals surface area contributed by atoms with E-state index in [-0.39, 0.29) is 12.2 Å². The molecule has 1 atom stereocenters. The molecule has 0 unspecified atom stereocenters. The van der Waals surface area contributed by atoms with E-state index in [0.717, 1.165) is 12.2 Å². The summed E-state index contributed by atoms with van der Waals surface area (Å²) in [6.45, 7) is 6.79. The summed E-state index contributed by atoms with van der Waals surface area (Å²) in [7, 11) is 0. The van der Waals surface area contributed by atoms with E-state index in [4.69, 9.17) is 15.2 Å². The number of nitrogen functional groups attached to an aromatic ring is 1. The largest absolute Gasteiger partial charge is 0.488 e. The highest BCUT2D eigenvalue weighted by Gasteiger charge is 2.30. The Balaban J connectivity index is 1.88. The van der Waals surface area contributed by atoms with Crippen molar-refractivity contribution in [3.8, 4) is 5.75 Å². The molecule has 1 saturated heterocycles. The fourth-order valence-corrected chi connectivity index (χ4v) is 2.10. The fourth-order valence-electron chi connectivity index (χ4n) is 2.10. The molecule has 1 amide bonds. The molecule has 5 heteroatoms. The van der Waals surface area contributed by atoms with E-state index in [9.17, 15) is 4.79 Å². The number of likely N-dealkylation sites (tertiary alicyclic amines) is 1. The molecule has 0 spiro atoms. The Morgan fingerprint density at radius 3 is 2.80 bits per heavy atom. The van der Waals surface area contributed by atoms with Gasteiger partial charge in [-0.1, -0.05) is 6.07 Å². The van der Waals surface area contributed by atoms with E-state index in [0.29, 0.717) is 18.8 Å². The smallest absolute Gasteiger partial charge is 0.410 e. The molecule has 1 aromatic rings. The van der Waals surface area contributed by atoms with E-state index < -0.39 is 5.60 Å². The molecule has 1 aliphatic rings. The summed E-state index contributed by atoms with van der Waals surface area (Å²) < 4.78 is 11.2. The Morgan fingerprint density at radius 1 is 1.40 bits per heavy atom. The number of hydrogen-bond donors (Lipinski definition) is 1. The van der Waals surface area contributed by atoms with Crippen LogP contribution in [0, 0.1) is 0 Å². The Kier molecular flexibility index (Phi) is 4.06. The van der Waals surface area contributed by atoms with Crippen molar-refractivity contribution in [1.82, 2.24) is 4.90 Å². The second-order valence-electron chi connectivity index (χ2n) is 6.03. The zero-order valence-corrected chi connectivity index (χ0v) is 12.3. The van der Waals surface area contributed by atoms with Gasteiger partial charge in [-0.05, 0) is 32.9 Å².